The lowest BCUT2D eigenvalue weighted by atomic mass is 10.1. The average Bonchev–Trinajstić information content (AvgIpc) is 2.55. The minimum Gasteiger partial charge on any atom is -0.469 e. The van der Waals surface area contributed by atoms with E-state index in [0.29, 0.717) is 19.3 Å². The van der Waals surface area contributed by atoms with Crippen molar-refractivity contribution < 1.29 is 34.8 Å². The average molecular weight is 348 g/mol. The summed E-state index contributed by atoms with van der Waals surface area (Å²) in [6.45, 7) is 1.27. The second-order valence-corrected chi connectivity index (χ2v) is 5.52. The predicted octanol–water partition coefficient (Wildman–Crippen LogP) is -0.934. The SMILES string of the molecule is COC(=O)CCCCCCC(=O)N/N=C/[C@H](O)[C@H](O)[C@@H](O)[C@H](C)O. The molecule has 0 saturated carbocycles. The van der Waals surface area contributed by atoms with Gasteiger partial charge in [0.2, 0.25) is 5.91 Å². The van der Waals surface area contributed by atoms with Crippen LogP contribution in [0.3, 0.4) is 0 Å². The number of unbranched alkanes of at least 4 members (excludes halogenated alkanes) is 3. The first-order valence-corrected chi connectivity index (χ1v) is 7.90. The normalized spacial score (nSPS) is 16.4. The monoisotopic (exact) mass is 348 g/mol. The molecule has 4 atom stereocenters. The van der Waals surface area contributed by atoms with E-state index in [0.717, 1.165) is 19.1 Å². The molecule has 0 rings (SSSR count). The molecule has 0 aromatic carbocycles. The van der Waals surface area contributed by atoms with Gasteiger partial charge in [0.15, 0.2) is 0 Å². The number of esters is 1. The van der Waals surface area contributed by atoms with Crippen LogP contribution in [0.15, 0.2) is 5.10 Å². The van der Waals surface area contributed by atoms with Gasteiger partial charge in [0, 0.05) is 12.8 Å². The third-order valence-corrected chi connectivity index (χ3v) is 3.37. The highest BCUT2D eigenvalue weighted by Gasteiger charge is 2.26. The summed E-state index contributed by atoms with van der Waals surface area (Å²) in [7, 11) is 1.34. The van der Waals surface area contributed by atoms with E-state index < -0.39 is 24.4 Å². The Morgan fingerprint density at radius 2 is 1.62 bits per heavy atom. The molecule has 140 valence electrons. The van der Waals surface area contributed by atoms with Gasteiger partial charge >= 0.3 is 5.97 Å². The summed E-state index contributed by atoms with van der Waals surface area (Å²) in [6, 6.07) is 0. The molecular weight excluding hydrogens is 320 g/mol. The third-order valence-electron chi connectivity index (χ3n) is 3.37. The van der Waals surface area contributed by atoms with Crippen LogP contribution in [0.25, 0.3) is 0 Å². The maximum atomic E-state index is 11.5. The minimum absolute atomic E-state index is 0.241. The Labute approximate surface area is 141 Å². The Bertz CT molecular complexity index is 401. The van der Waals surface area contributed by atoms with E-state index in [1.165, 1.54) is 14.0 Å². The molecule has 0 bridgehead atoms. The van der Waals surface area contributed by atoms with Crippen LogP contribution in [0, 0.1) is 0 Å². The zero-order valence-electron chi connectivity index (χ0n) is 14.1. The van der Waals surface area contributed by atoms with E-state index in [1.54, 1.807) is 0 Å². The lowest BCUT2D eigenvalue weighted by Gasteiger charge is -2.22. The molecule has 9 heteroatoms. The van der Waals surface area contributed by atoms with Crippen molar-refractivity contribution in [3.63, 3.8) is 0 Å². The summed E-state index contributed by atoms with van der Waals surface area (Å²) in [5.41, 5.74) is 2.20. The number of aliphatic hydroxyl groups is 4. The highest BCUT2D eigenvalue weighted by Crippen LogP contribution is 2.06. The van der Waals surface area contributed by atoms with Crippen LogP contribution >= 0.6 is 0 Å². The van der Waals surface area contributed by atoms with Gasteiger partial charge in [0.25, 0.3) is 0 Å². The predicted molar refractivity (Wildman–Crippen MR) is 86.1 cm³/mol. The maximum absolute atomic E-state index is 11.5. The molecular formula is C15H28N2O7. The summed E-state index contributed by atoms with van der Waals surface area (Å²) in [4.78, 5) is 22.4. The molecule has 0 aromatic rings. The molecule has 0 radical (unpaired) electrons. The number of carbonyl (C=O) groups excluding carboxylic acids is 2. The standard InChI is InChI=1S/C15H28N2O7/c1-10(18)14(22)15(23)11(19)9-16-17-12(20)7-5-3-4-6-8-13(21)24-2/h9-11,14-15,18-19,22-23H,3-8H2,1-2H3,(H,17,20)/b16-9+/t10-,11-,14-,15-/m0/s1. The highest BCUT2D eigenvalue weighted by molar-refractivity contribution is 5.77. The lowest BCUT2D eigenvalue weighted by molar-refractivity contribution is -0.140. The van der Waals surface area contributed by atoms with Gasteiger partial charge in [-0.15, -0.1) is 0 Å². The van der Waals surface area contributed by atoms with E-state index in [2.05, 4.69) is 15.3 Å². The molecule has 0 unspecified atom stereocenters. The number of aliphatic hydroxyl groups excluding tert-OH is 4. The first kappa shape index (κ1) is 22.4. The molecule has 0 saturated heterocycles. The molecule has 9 nitrogen and oxygen atoms in total. The number of nitrogens with zero attached hydrogens (tertiary/aromatic N) is 1. The van der Waals surface area contributed by atoms with E-state index in [1.807, 2.05) is 0 Å². The summed E-state index contributed by atoms with van der Waals surface area (Å²) < 4.78 is 4.52. The zero-order chi connectivity index (χ0) is 18.5. The van der Waals surface area contributed by atoms with Gasteiger partial charge in [-0.05, 0) is 19.8 Å². The molecule has 24 heavy (non-hydrogen) atoms. The van der Waals surface area contributed by atoms with Crippen molar-refractivity contribution in [2.75, 3.05) is 7.11 Å². The number of hydrazone groups is 1. The molecule has 0 spiro atoms. The van der Waals surface area contributed by atoms with Gasteiger partial charge in [0.1, 0.15) is 18.3 Å². The summed E-state index contributed by atoms with van der Waals surface area (Å²) in [6.07, 6.45) is -1.43. The first-order chi connectivity index (χ1) is 11.3. The van der Waals surface area contributed by atoms with Gasteiger partial charge in [-0.1, -0.05) is 12.8 Å². The van der Waals surface area contributed by atoms with Crippen molar-refractivity contribution in [2.45, 2.75) is 69.9 Å². The Morgan fingerprint density at radius 3 is 2.17 bits per heavy atom. The van der Waals surface area contributed by atoms with E-state index in [4.69, 9.17) is 5.11 Å². The fourth-order valence-electron chi connectivity index (χ4n) is 1.83. The van der Waals surface area contributed by atoms with Crippen molar-refractivity contribution in [1.29, 1.82) is 0 Å². The number of amides is 1. The second kappa shape index (κ2) is 12.8. The fraction of sp³-hybridized carbons (Fsp3) is 0.800. The van der Waals surface area contributed by atoms with Gasteiger partial charge < -0.3 is 25.2 Å². The summed E-state index contributed by atoms with van der Waals surface area (Å²) in [5, 5.41) is 41.0. The largest absolute Gasteiger partial charge is 0.469 e. The number of hydrogen-bond acceptors (Lipinski definition) is 8. The number of ether oxygens (including phenoxy) is 1. The molecule has 1 amide bonds. The van der Waals surface area contributed by atoms with Crippen LogP contribution < -0.4 is 5.43 Å². The van der Waals surface area contributed by atoms with E-state index >= 15 is 0 Å². The minimum atomic E-state index is -1.61. The lowest BCUT2D eigenvalue weighted by Crippen LogP contribution is -2.44. The number of hydrogen-bond donors (Lipinski definition) is 5. The maximum Gasteiger partial charge on any atom is 0.305 e. The van der Waals surface area contributed by atoms with E-state index in [-0.39, 0.29) is 18.3 Å². The molecule has 0 heterocycles. The smallest absolute Gasteiger partial charge is 0.305 e. The van der Waals surface area contributed by atoms with Gasteiger partial charge in [0.05, 0.1) is 19.4 Å². The summed E-state index contributed by atoms with van der Waals surface area (Å²) in [5.74, 6) is -0.597. The number of nitrogens with one attached hydrogen (secondary N) is 1. The summed E-state index contributed by atoms with van der Waals surface area (Å²) >= 11 is 0. The topological polar surface area (TPSA) is 149 Å². The number of rotatable bonds is 12. The van der Waals surface area contributed by atoms with Crippen molar-refractivity contribution >= 4 is 18.1 Å². The van der Waals surface area contributed by atoms with Gasteiger partial charge in [-0.2, -0.15) is 5.10 Å². The number of carbonyl (C=O) groups is 2. The molecule has 0 aromatic heterocycles. The van der Waals surface area contributed by atoms with Crippen LogP contribution in [0.1, 0.15) is 45.4 Å². The second-order valence-electron chi connectivity index (χ2n) is 5.52. The third kappa shape index (κ3) is 10.3. The molecule has 0 aliphatic heterocycles. The van der Waals surface area contributed by atoms with Crippen molar-refractivity contribution in [1.82, 2.24) is 5.43 Å². The van der Waals surface area contributed by atoms with Crippen LogP contribution in [0.2, 0.25) is 0 Å². The molecule has 0 aliphatic rings. The molecule has 0 fully saturated rings. The Balaban J connectivity index is 3.83. The van der Waals surface area contributed by atoms with Crippen LogP contribution in [-0.2, 0) is 14.3 Å². The van der Waals surface area contributed by atoms with Crippen molar-refractivity contribution in [3.05, 3.63) is 0 Å². The van der Waals surface area contributed by atoms with Crippen LogP contribution in [0.5, 0.6) is 0 Å². The highest BCUT2D eigenvalue weighted by atomic mass is 16.5. The zero-order valence-corrected chi connectivity index (χ0v) is 14.1. The Kier molecular flexibility index (Phi) is 12.0. The fourth-order valence-corrected chi connectivity index (χ4v) is 1.83. The van der Waals surface area contributed by atoms with Crippen LogP contribution in [-0.4, -0.2) is 70.0 Å². The molecule has 5 N–H and O–H groups in total. The van der Waals surface area contributed by atoms with E-state index in [9.17, 15) is 24.9 Å². The van der Waals surface area contributed by atoms with Gasteiger partial charge in [-0.3, -0.25) is 9.59 Å². The Morgan fingerprint density at radius 1 is 1.04 bits per heavy atom. The van der Waals surface area contributed by atoms with Crippen molar-refractivity contribution in [2.24, 2.45) is 5.10 Å². The van der Waals surface area contributed by atoms with Crippen molar-refractivity contribution in [3.8, 4) is 0 Å². The molecule has 0 aliphatic carbocycles. The van der Waals surface area contributed by atoms with Crippen LogP contribution in [0.4, 0.5) is 0 Å². The Hall–Kier alpha value is -1.55. The van der Waals surface area contributed by atoms with Gasteiger partial charge in [-0.25, -0.2) is 5.43 Å². The first-order valence-electron chi connectivity index (χ1n) is 7.90. The quantitative estimate of drug-likeness (QED) is 0.132. The number of methoxy groups -OCH3 is 1.